The van der Waals surface area contributed by atoms with Crippen LogP contribution in [-0.4, -0.2) is 29.3 Å². The van der Waals surface area contributed by atoms with Crippen LogP contribution in [-0.2, 0) is 4.79 Å². The lowest BCUT2D eigenvalue weighted by Crippen LogP contribution is -2.31. The number of benzene rings is 1. The Morgan fingerprint density at radius 1 is 1.36 bits per heavy atom. The number of carbonyl (C=O) groups excluding carboxylic acids is 1. The average Bonchev–Trinajstić information content (AvgIpc) is 2.26. The molecule has 0 fully saturated rings. The van der Waals surface area contributed by atoms with Crippen molar-refractivity contribution < 1.29 is 15.0 Å². The van der Waals surface area contributed by atoms with E-state index in [9.17, 15) is 9.90 Å². The number of hydrogen-bond acceptors (Lipinski definition) is 3. The monoisotopic (exact) mass is 195 g/mol. The van der Waals surface area contributed by atoms with Gasteiger partial charge < -0.3 is 15.5 Å². The molecule has 0 radical (unpaired) electrons. The van der Waals surface area contributed by atoms with E-state index in [-0.39, 0.29) is 13.2 Å². The second-order valence-electron chi connectivity index (χ2n) is 2.83. The molecule has 4 heteroatoms. The van der Waals surface area contributed by atoms with E-state index in [0.29, 0.717) is 5.56 Å². The Bertz CT molecular complexity index is 287. The molecule has 0 aliphatic heterocycles. The summed E-state index contributed by atoms with van der Waals surface area (Å²) in [6.07, 6.45) is -1.16. The lowest BCUT2D eigenvalue weighted by molar-refractivity contribution is -0.129. The van der Waals surface area contributed by atoms with Crippen LogP contribution >= 0.6 is 0 Å². The molecule has 1 rings (SSSR count). The molecule has 0 bridgehead atoms. The van der Waals surface area contributed by atoms with Gasteiger partial charge in [0.05, 0.1) is 6.61 Å². The Morgan fingerprint density at radius 2 is 2.00 bits per heavy atom. The van der Waals surface area contributed by atoms with Gasteiger partial charge in [-0.15, -0.1) is 0 Å². The predicted octanol–water partition coefficient (Wildman–Crippen LogP) is -0.172. The topological polar surface area (TPSA) is 69.6 Å². The van der Waals surface area contributed by atoms with E-state index in [1.54, 1.807) is 24.3 Å². The van der Waals surface area contributed by atoms with E-state index in [0.717, 1.165) is 0 Å². The van der Waals surface area contributed by atoms with Crippen molar-refractivity contribution in [1.82, 2.24) is 5.32 Å². The normalized spacial score (nSPS) is 12.1. The van der Waals surface area contributed by atoms with Crippen molar-refractivity contribution in [3.8, 4) is 0 Å². The molecule has 0 unspecified atom stereocenters. The van der Waals surface area contributed by atoms with Gasteiger partial charge in [0.1, 0.15) is 0 Å². The van der Waals surface area contributed by atoms with Crippen molar-refractivity contribution in [2.24, 2.45) is 0 Å². The van der Waals surface area contributed by atoms with Gasteiger partial charge in [0.15, 0.2) is 6.10 Å². The second-order valence-corrected chi connectivity index (χ2v) is 2.83. The van der Waals surface area contributed by atoms with Crippen LogP contribution in [0.15, 0.2) is 30.3 Å². The molecule has 1 aromatic carbocycles. The van der Waals surface area contributed by atoms with Crippen molar-refractivity contribution in [3.63, 3.8) is 0 Å². The first-order valence-electron chi connectivity index (χ1n) is 4.37. The van der Waals surface area contributed by atoms with Gasteiger partial charge in [-0.1, -0.05) is 30.3 Å². The van der Waals surface area contributed by atoms with E-state index >= 15 is 0 Å². The lowest BCUT2D eigenvalue weighted by atomic mass is 10.1. The molecule has 0 spiro atoms. The molecule has 0 saturated heterocycles. The van der Waals surface area contributed by atoms with Gasteiger partial charge in [-0.25, -0.2) is 0 Å². The van der Waals surface area contributed by atoms with Crippen LogP contribution < -0.4 is 5.32 Å². The summed E-state index contributed by atoms with van der Waals surface area (Å²) in [7, 11) is 0. The van der Waals surface area contributed by atoms with Crippen LogP contribution in [0.5, 0.6) is 0 Å². The zero-order chi connectivity index (χ0) is 10.4. The van der Waals surface area contributed by atoms with Gasteiger partial charge in [-0.05, 0) is 5.56 Å². The zero-order valence-electron chi connectivity index (χ0n) is 7.68. The van der Waals surface area contributed by atoms with Gasteiger partial charge in [0.2, 0.25) is 0 Å². The molecule has 3 N–H and O–H groups in total. The quantitative estimate of drug-likeness (QED) is 0.624. The second kappa shape index (κ2) is 5.36. The predicted molar refractivity (Wildman–Crippen MR) is 51.5 cm³/mol. The maximum atomic E-state index is 11.2. The van der Waals surface area contributed by atoms with Gasteiger partial charge in [0.25, 0.3) is 5.91 Å². The number of amides is 1. The largest absolute Gasteiger partial charge is 0.395 e. The minimum Gasteiger partial charge on any atom is -0.395 e. The Kier molecular flexibility index (Phi) is 4.10. The summed E-state index contributed by atoms with van der Waals surface area (Å²) < 4.78 is 0. The number of aliphatic hydroxyl groups excluding tert-OH is 2. The van der Waals surface area contributed by atoms with Gasteiger partial charge >= 0.3 is 0 Å². The van der Waals surface area contributed by atoms with Crippen LogP contribution in [0.4, 0.5) is 0 Å². The number of nitrogens with one attached hydrogen (secondary N) is 1. The fourth-order valence-corrected chi connectivity index (χ4v) is 1.06. The van der Waals surface area contributed by atoms with Crippen LogP contribution in [0.1, 0.15) is 11.7 Å². The molecule has 0 aliphatic rings. The van der Waals surface area contributed by atoms with Crippen molar-refractivity contribution in [1.29, 1.82) is 0 Å². The average molecular weight is 195 g/mol. The number of hydrogen-bond donors (Lipinski definition) is 3. The standard InChI is InChI=1S/C10H13NO3/c12-7-6-11-10(14)9(13)8-4-2-1-3-5-8/h1-5,9,12-13H,6-7H2,(H,11,14)/t9-/m0/s1. The third-order valence-corrected chi connectivity index (χ3v) is 1.77. The Morgan fingerprint density at radius 3 is 2.57 bits per heavy atom. The summed E-state index contributed by atoms with van der Waals surface area (Å²) in [4.78, 5) is 11.2. The molecule has 76 valence electrons. The first-order valence-corrected chi connectivity index (χ1v) is 4.37. The van der Waals surface area contributed by atoms with Crippen LogP contribution in [0.2, 0.25) is 0 Å². The molecule has 0 aromatic heterocycles. The van der Waals surface area contributed by atoms with Crippen LogP contribution in [0, 0.1) is 0 Å². The molecule has 1 aromatic rings. The van der Waals surface area contributed by atoms with Gasteiger partial charge in [0, 0.05) is 6.54 Å². The maximum Gasteiger partial charge on any atom is 0.253 e. The highest BCUT2D eigenvalue weighted by molar-refractivity contribution is 5.81. The van der Waals surface area contributed by atoms with Crippen LogP contribution in [0.25, 0.3) is 0 Å². The summed E-state index contributed by atoms with van der Waals surface area (Å²) in [5.74, 6) is -0.495. The lowest BCUT2D eigenvalue weighted by Gasteiger charge is -2.10. The number of carbonyl (C=O) groups is 1. The fraction of sp³-hybridized carbons (Fsp3) is 0.300. The first-order chi connectivity index (χ1) is 6.75. The molecule has 0 heterocycles. The molecule has 1 atom stereocenters. The highest BCUT2D eigenvalue weighted by atomic mass is 16.3. The Balaban J connectivity index is 2.57. The Labute approximate surface area is 82.2 Å². The third kappa shape index (κ3) is 2.83. The van der Waals surface area contributed by atoms with Gasteiger partial charge in [-0.2, -0.15) is 0 Å². The summed E-state index contributed by atoms with van der Waals surface area (Å²) >= 11 is 0. The molecular formula is C10H13NO3. The zero-order valence-corrected chi connectivity index (χ0v) is 7.68. The molecule has 1 amide bonds. The number of aliphatic hydroxyl groups is 2. The minimum absolute atomic E-state index is 0.132. The van der Waals surface area contributed by atoms with Crippen molar-refractivity contribution in [3.05, 3.63) is 35.9 Å². The van der Waals surface area contributed by atoms with Gasteiger partial charge in [-0.3, -0.25) is 4.79 Å². The fourth-order valence-electron chi connectivity index (χ4n) is 1.06. The highest BCUT2D eigenvalue weighted by Crippen LogP contribution is 2.11. The van der Waals surface area contributed by atoms with Crippen LogP contribution in [0.3, 0.4) is 0 Å². The smallest absolute Gasteiger partial charge is 0.253 e. The molecular weight excluding hydrogens is 182 g/mol. The molecule has 14 heavy (non-hydrogen) atoms. The van der Waals surface area contributed by atoms with Crippen molar-refractivity contribution >= 4 is 5.91 Å². The maximum absolute atomic E-state index is 11.2. The van der Waals surface area contributed by atoms with E-state index in [4.69, 9.17) is 5.11 Å². The summed E-state index contributed by atoms with van der Waals surface area (Å²) in [5, 5.41) is 20.4. The molecule has 0 saturated carbocycles. The number of rotatable bonds is 4. The summed E-state index contributed by atoms with van der Waals surface area (Å²) in [6, 6.07) is 8.64. The van der Waals surface area contributed by atoms with E-state index in [1.807, 2.05) is 6.07 Å². The third-order valence-electron chi connectivity index (χ3n) is 1.77. The minimum atomic E-state index is -1.16. The Hall–Kier alpha value is -1.39. The first kappa shape index (κ1) is 10.7. The highest BCUT2D eigenvalue weighted by Gasteiger charge is 2.15. The van der Waals surface area contributed by atoms with E-state index in [1.165, 1.54) is 0 Å². The molecule has 0 aliphatic carbocycles. The van der Waals surface area contributed by atoms with Crippen molar-refractivity contribution in [2.75, 3.05) is 13.2 Å². The van der Waals surface area contributed by atoms with Crippen molar-refractivity contribution in [2.45, 2.75) is 6.10 Å². The summed E-state index contributed by atoms with van der Waals surface area (Å²) in [6.45, 7) is 0.0238. The molecule has 4 nitrogen and oxygen atoms in total. The van der Waals surface area contributed by atoms with E-state index < -0.39 is 12.0 Å². The summed E-state index contributed by atoms with van der Waals surface area (Å²) in [5.41, 5.74) is 0.544. The van der Waals surface area contributed by atoms with E-state index in [2.05, 4.69) is 5.32 Å². The SMILES string of the molecule is O=C(NCCO)[C@@H](O)c1ccccc1.